The van der Waals surface area contributed by atoms with Crippen LogP contribution in [0.2, 0.25) is 0 Å². The van der Waals surface area contributed by atoms with Crippen molar-refractivity contribution in [3.05, 3.63) is 71.1 Å². The number of hydrogen-bond acceptors (Lipinski definition) is 8. The second-order valence-corrected chi connectivity index (χ2v) is 11.1. The first kappa shape index (κ1) is 31.0. The lowest BCUT2D eigenvalue weighted by Crippen LogP contribution is -2.37. The molecule has 0 aromatic heterocycles. The number of rotatable bonds is 15. The molecule has 9 heteroatoms. The Morgan fingerprint density at radius 3 is 1.94 bits per heavy atom. The molecule has 8 N–H and O–H groups in total. The summed E-state index contributed by atoms with van der Waals surface area (Å²) in [5, 5.41) is 13.5. The van der Waals surface area contributed by atoms with Crippen LogP contribution >= 0.6 is 0 Å². The SMILES string of the molecule is CC(C)(C)N/C=C(\N)CN(C/C(N)=C/NCc1ccc(CCCF)cc1)C/C(=C/NC(C)(C)C)N=N. The molecule has 0 unspecified atom stereocenters. The van der Waals surface area contributed by atoms with Crippen molar-refractivity contribution in [2.45, 2.75) is 72.0 Å². The minimum Gasteiger partial charge on any atom is -0.400 e. The zero-order valence-corrected chi connectivity index (χ0v) is 22.9. The second kappa shape index (κ2) is 15.1. The lowest BCUT2D eigenvalue weighted by Gasteiger charge is -2.25. The van der Waals surface area contributed by atoms with Crippen LogP contribution in [0.1, 0.15) is 59.1 Å². The molecule has 1 aromatic rings. The number of aryl methyl sites for hydroxylation is 1. The topological polar surface area (TPSA) is 128 Å². The van der Waals surface area contributed by atoms with Gasteiger partial charge in [0.25, 0.3) is 0 Å². The van der Waals surface area contributed by atoms with Gasteiger partial charge in [-0.25, -0.2) is 5.53 Å². The van der Waals surface area contributed by atoms with Crippen molar-refractivity contribution in [3.63, 3.8) is 0 Å². The fourth-order valence-electron chi connectivity index (χ4n) is 3.12. The standard InChI is InChI=1S/C27H47FN8/c1-26(2,3)33-16-24(30)19-36(20-25(35-31)17-34-27(4,5)6)18-23(29)15-32-14-22-11-9-21(10-12-22)8-7-13-28/h9-12,15-17,31-34H,7-8,13-14,18-20,29-30H2,1-6H3/b23-15-,24-16-,25-17-,35-31?. The number of nitrogens with zero attached hydrogens (tertiary/aromatic N) is 2. The van der Waals surface area contributed by atoms with Gasteiger partial charge in [0.1, 0.15) is 0 Å². The Balaban J connectivity index is 2.84. The molecule has 0 radical (unpaired) electrons. The zero-order chi connectivity index (χ0) is 27.2. The first-order valence-corrected chi connectivity index (χ1v) is 12.4. The molecule has 0 bridgehead atoms. The third-order valence-corrected chi connectivity index (χ3v) is 4.92. The molecule has 0 atom stereocenters. The number of halogens is 1. The molecule has 36 heavy (non-hydrogen) atoms. The van der Waals surface area contributed by atoms with E-state index in [-0.39, 0.29) is 17.8 Å². The summed E-state index contributed by atoms with van der Waals surface area (Å²) in [6, 6.07) is 8.15. The molecule has 0 heterocycles. The Morgan fingerprint density at radius 1 is 0.889 bits per heavy atom. The molecule has 0 saturated carbocycles. The molecule has 202 valence electrons. The summed E-state index contributed by atoms with van der Waals surface area (Å²) in [5.41, 5.74) is 24.1. The van der Waals surface area contributed by atoms with Crippen molar-refractivity contribution < 1.29 is 4.39 Å². The fourth-order valence-corrected chi connectivity index (χ4v) is 3.12. The average Bonchev–Trinajstić information content (AvgIpc) is 2.78. The van der Waals surface area contributed by atoms with E-state index in [9.17, 15) is 4.39 Å². The molecule has 0 amide bonds. The molecule has 0 fully saturated rings. The Bertz CT molecular complexity index is 877. The third-order valence-electron chi connectivity index (χ3n) is 4.92. The molecule has 0 aliphatic carbocycles. The minimum atomic E-state index is -0.292. The molecular weight excluding hydrogens is 455 g/mol. The molecule has 0 spiro atoms. The monoisotopic (exact) mass is 502 g/mol. The second-order valence-electron chi connectivity index (χ2n) is 11.1. The molecule has 1 rings (SSSR count). The summed E-state index contributed by atoms with van der Waals surface area (Å²) in [4.78, 5) is 2.04. The summed E-state index contributed by atoms with van der Waals surface area (Å²) in [6.07, 6.45) is 6.68. The Morgan fingerprint density at radius 2 is 1.42 bits per heavy atom. The van der Waals surface area contributed by atoms with Gasteiger partial charge in [0, 0.05) is 67.3 Å². The van der Waals surface area contributed by atoms with Gasteiger partial charge in [0.15, 0.2) is 0 Å². The average molecular weight is 503 g/mol. The van der Waals surface area contributed by atoms with E-state index < -0.39 is 0 Å². The van der Waals surface area contributed by atoms with E-state index in [1.165, 1.54) is 0 Å². The van der Waals surface area contributed by atoms with Crippen LogP contribution in [0.5, 0.6) is 0 Å². The Hall–Kier alpha value is -3.07. The van der Waals surface area contributed by atoms with Crippen LogP contribution < -0.4 is 27.4 Å². The van der Waals surface area contributed by atoms with Gasteiger partial charge in [-0.05, 0) is 65.5 Å². The number of benzene rings is 1. The van der Waals surface area contributed by atoms with Crippen LogP contribution in [-0.4, -0.2) is 42.3 Å². The van der Waals surface area contributed by atoms with Crippen molar-refractivity contribution in [2.75, 3.05) is 26.3 Å². The molecule has 0 aliphatic heterocycles. The smallest absolute Gasteiger partial charge is 0.0920 e. The highest BCUT2D eigenvalue weighted by Gasteiger charge is 2.13. The molecule has 0 saturated heterocycles. The third kappa shape index (κ3) is 15.0. The normalized spacial score (nSPS) is 13.6. The van der Waals surface area contributed by atoms with Gasteiger partial charge >= 0.3 is 0 Å². The van der Waals surface area contributed by atoms with Gasteiger partial charge in [-0.15, -0.1) is 0 Å². The van der Waals surface area contributed by atoms with Crippen molar-refractivity contribution in [2.24, 2.45) is 16.6 Å². The van der Waals surface area contributed by atoms with Gasteiger partial charge in [-0.3, -0.25) is 9.29 Å². The van der Waals surface area contributed by atoms with E-state index in [1.54, 1.807) is 12.4 Å². The number of hydrogen-bond donors (Lipinski definition) is 6. The predicted octanol–water partition coefficient (Wildman–Crippen LogP) is 4.23. The highest BCUT2D eigenvalue weighted by Crippen LogP contribution is 2.09. The van der Waals surface area contributed by atoms with Gasteiger partial charge in [0.05, 0.1) is 12.4 Å². The first-order valence-electron chi connectivity index (χ1n) is 12.4. The first-order chi connectivity index (χ1) is 16.8. The van der Waals surface area contributed by atoms with E-state index in [0.29, 0.717) is 49.7 Å². The van der Waals surface area contributed by atoms with E-state index >= 15 is 0 Å². The van der Waals surface area contributed by atoms with E-state index in [2.05, 4.69) is 41.8 Å². The largest absolute Gasteiger partial charge is 0.400 e. The van der Waals surface area contributed by atoms with Crippen molar-refractivity contribution in [1.82, 2.24) is 20.9 Å². The molecular formula is C27H47FN8. The van der Waals surface area contributed by atoms with Crippen LogP contribution in [0.25, 0.3) is 0 Å². The number of alkyl halides is 1. The highest BCUT2D eigenvalue weighted by atomic mass is 19.1. The maximum absolute atomic E-state index is 12.4. The van der Waals surface area contributed by atoms with Crippen LogP contribution in [0, 0.1) is 5.53 Å². The van der Waals surface area contributed by atoms with Crippen LogP contribution in [0.4, 0.5) is 4.39 Å². The predicted molar refractivity (Wildman–Crippen MR) is 148 cm³/mol. The lowest BCUT2D eigenvalue weighted by atomic mass is 10.1. The van der Waals surface area contributed by atoms with Crippen LogP contribution in [0.3, 0.4) is 0 Å². The lowest BCUT2D eigenvalue weighted by molar-refractivity contribution is 0.339. The zero-order valence-electron chi connectivity index (χ0n) is 22.9. The number of nitrogens with one attached hydrogen (secondary N) is 4. The highest BCUT2D eigenvalue weighted by molar-refractivity contribution is 5.23. The molecule has 1 aromatic carbocycles. The van der Waals surface area contributed by atoms with Crippen molar-refractivity contribution in [3.8, 4) is 0 Å². The summed E-state index contributed by atoms with van der Waals surface area (Å²) >= 11 is 0. The van der Waals surface area contributed by atoms with Crippen molar-refractivity contribution >= 4 is 0 Å². The van der Waals surface area contributed by atoms with Crippen LogP contribution in [-0.2, 0) is 13.0 Å². The van der Waals surface area contributed by atoms with Crippen molar-refractivity contribution in [1.29, 1.82) is 5.53 Å². The summed E-state index contributed by atoms with van der Waals surface area (Å²) < 4.78 is 12.4. The minimum absolute atomic E-state index is 0.0953. The van der Waals surface area contributed by atoms with Gasteiger partial charge in [-0.1, -0.05) is 24.3 Å². The number of nitrogens with two attached hydrogens (primary N) is 2. The molecule has 8 nitrogen and oxygen atoms in total. The maximum Gasteiger partial charge on any atom is 0.0920 e. The molecule has 0 aliphatic rings. The van der Waals surface area contributed by atoms with E-state index in [0.717, 1.165) is 17.5 Å². The van der Waals surface area contributed by atoms with Gasteiger partial charge < -0.3 is 27.4 Å². The van der Waals surface area contributed by atoms with Crippen LogP contribution in [0.15, 0.2) is 65.1 Å². The quantitative estimate of drug-likeness (QED) is 0.199. The van der Waals surface area contributed by atoms with E-state index in [1.807, 2.05) is 56.1 Å². The van der Waals surface area contributed by atoms with E-state index in [4.69, 9.17) is 17.0 Å². The fraction of sp³-hybridized carbons (Fsp3) is 0.556. The Labute approximate surface area is 217 Å². The Kier molecular flexibility index (Phi) is 13.0. The summed E-state index contributed by atoms with van der Waals surface area (Å²) in [7, 11) is 0. The maximum atomic E-state index is 12.4. The summed E-state index contributed by atoms with van der Waals surface area (Å²) in [5.74, 6) is 0. The van der Waals surface area contributed by atoms with Gasteiger partial charge in [-0.2, -0.15) is 5.11 Å². The summed E-state index contributed by atoms with van der Waals surface area (Å²) in [6.45, 7) is 14.0. The van der Waals surface area contributed by atoms with Gasteiger partial charge in [0.2, 0.25) is 0 Å².